The van der Waals surface area contributed by atoms with Gasteiger partial charge in [-0.2, -0.15) is 18.3 Å². The molecule has 0 bridgehead atoms. The van der Waals surface area contributed by atoms with Gasteiger partial charge in [-0.3, -0.25) is 0 Å². The van der Waals surface area contributed by atoms with E-state index in [-0.39, 0.29) is 6.04 Å². The average molecular weight is 194 g/mol. The predicted molar refractivity (Wildman–Crippen MR) is 39.3 cm³/mol. The van der Waals surface area contributed by atoms with E-state index < -0.39 is 17.8 Å². The SMILES string of the molecule is CC(C)n1nc(C(F)(F)F)cc1O. The van der Waals surface area contributed by atoms with Crippen molar-refractivity contribution in [1.82, 2.24) is 9.78 Å². The summed E-state index contributed by atoms with van der Waals surface area (Å²) in [5, 5.41) is 12.3. The lowest BCUT2D eigenvalue weighted by molar-refractivity contribution is -0.141. The lowest BCUT2D eigenvalue weighted by Gasteiger charge is -2.05. The summed E-state index contributed by atoms with van der Waals surface area (Å²) in [4.78, 5) is 0. The highest BCUT2D eigenvalue weighted by molar-refractivity contribution is 5.17. The molecule has 0 spiro atoms. The van der Waals surface area contributed by atoms with Crippen molar-refractivity contribution in [2.45, 2.75) is 26.1 Å². The molecule has 1 aromatic rings. The minimum Gasteiger partial charge on any atom is -0.493 e. The molecule has 0 aromatic carbocycles. The van der Waals surface area contributed by atoms with E-state index in [4.69, 9.17) is 5.11 Å². The molecule has 13 heavy (non-hydrogen) atoms. The van der Waals surface area contributed by atoms with Gasteiger partial charge in [-0.05, 0) is 13.8 Å². The predicted octanol–water partition coefficient (Wildman–Crippen LogP) is 2.19. The van der Waals surface area contributed by atoms with Crippen LogP contribution < -0.4 is 0 Å². The molecular formula is C7H9F3N2O. The Morgan fingerprint density at radius 1 is 1.46 bits per heavy atom. The van der Waals surface area contributed by atoms with Crippen molar-refractivity contribution in [3.8, 4) is 5.88 Å². The van der Waals surface area contributed by atoms with Crippen LogP contribution in [0.5, 0.6) is 5.88 Å². The molecule has 0 unspecified atom stereocenters. The summed E-state index contributed by atoms with van der Waals surface area (Å²) in [5.41, 5.74) is -1.07. The second-order valence-electron chi connectivity index (χ2n) is 2.92. The van der Waals surface area contributed by atoms with Gasteiger partial charge < -0.3 is 5.11 Å². The van der Waals surface area contributed by atoms with Gasteiger partial charge in [0, 0.05) is 6.07 Å². The molecule has 0 atom stereocenters. The number of nitrogens with zero attached hydrogens (tertiary/aromatic N) is 2. The van der Waals surface area contributed by atoms with Crippen LogP contribution in [-0.4, -0.2) is 14.9 Å². The van der Waals surface area contributed by atoms with Crippen molar-refractivity contribution >= 4 is 0 Å². The van der Waals surface area contributed by atoms with Gasteiger partial charge in [0.25, 0.3) is 0 Å². The fourth-order valence-electron chi connectivity index (χ4n) is 0.903. The van der Waals surface area contributed by atoms with Gasteiger partial charge in [0.2, 0.25) is 5.88 Å². The highest BCUT2D eigenvalue weighted by Crippen LogP contribution is 2.31. The monoisotopic (exact) mass is 194 g/mol. The van der Waals surface area contributed by atoms with Gasteiger partial charge in [0.1, 0.15) is 0 Å². The van der Waals surface area contributed by atoms with Gasteiger partial charge in [0.15, 0.2) is 5.69 Å². The van der Waals surface area contributed by atoms with Crippen molar-refractivity contribution in [2.75, 3.05) is 0 Å². The van der Waals surface area contributed by atoms with Crippen LogP contribution in [0.4, 0.5) is 13.2 Å². The second-order valence-corrected chi connectivity index (χ2v) is 2.92. The molecule has 0 aliphatic carbocycles. The topological polar surface area (TPSA) is 38.0 Å². The zero-order valence-corrected chi connectivity index (χ0v) is 7.13. The minimum atomic E-state index is -4.50. The first-order valence-electron chi connectivity index (χ1n) is 3.68. The van der Waals surface area contributed by atoms with E-state index in [2.05, 4.69) is 5.10 Å². The van der Waals surface area contributed by atoms with Crippen LogP contribution >= 0.6 is 0 Å². The van der Waals surface area contributed by atoms with Crippen molar-refractivity contribution in [2.24, 2.45) is 0 Å². The van der Waals surface area contributed by atoms with E-state index in [0.717, 1.165) is 4.68 Å². The van der Waals surface area contributed by atoms with E-state index in [9.17, 15) is 13.2 Å². The highest BCUT2D eigenvalue weighted by atomic mass is 19.4. The summed E-state index contributed by atoms with van der Waals surface area (Å²) in [5.74, 6) is -0.470. The number of aromatic hydroxyl groups is 1. The second kappa shape index (κ2) is 2.93. The molecule has 0 saturated heterocycles. The average Bonchev–Trinajstić information content (AvgIpc) is 2.29. The summed E-state index contributed by atoms with van der Waals surface area (Å²) < 4.78 is 37.1. The summed E-state index contributed by atoms with van der Waals surface area (Å²) in [7, 11) is 0. The molecule has 0 radical (unpaired) electrons. The molecular weight excluding hydrogens is 185 g/mol. The van der Waals surface area contributed by atoms with Crippen LogP contribution in [-0.2, 0) is 6.18 Å². The largest absolute Gasteiger partial charge is 0.493 e. The zero-order chi connectivity index (χ0) is 10.2. The lowest BCUT2D eigenvalue weighted by atomic mass is 10.4. The molecule has 3 nitrogen and oxygen atoms in total. The zero-order valence-electron chi connectivity index (χ0n) is 7.13. The quantitative estimate of drug-likeness (QED) is 0.744. The molecule has 1 N–H and O–H groups in total. The number of rotatable bonds is 1. The Labute approximate surface area is 72.8 Å². The summed E-state index contributed by atoms with van der Waals surface area (Å²) in [6.45, 7) is 3.26. The van der Waals surface area contributed by atoms with Crippen LogP contribution in [0.3, 0.4) is 0 Å². The molecule has 1 heterocycles. The molecule has 0 amide bonds. The van der Waals surface area contributed by atoms with Crippen LogP contribution in [0.15, 0.2) is 6.07 Å². The maximum absolute atomic E-state index is 12.1. The molecule has 0 aliphatic heterocycles. The van der Waals surface area contributed by atoms with E-state index >= 15 is 0 Å². The van der Waals surface area contributed by atoms with Gasteiger partial charge in [-0.15, -0.1) is 0 Å². The van der Waals surface area contributed by atoms with Crippen molar-refractivity contribution in [1.29, 1.82) is 0 Å². The van der Waals surface area contributed by atoms with Crippen LogP contribution in [0.2, 0.25) is 0 Å². The lowest BCUT2D eigenvalue weighted by Crippen LogP contribution is -2.09. The Bertz CT molecular complexity index is 303. The standard InChI is InChI=1S/C7H9F3N2O/c1-4(2)12-6(13)3-5(11-12)7(8,9)10/h3-4,13H,1-2H3. The number of hydrogen-bond acceptors (Lipinski definition) is 2. The van der Waals surface area contributed by atoms with Crippen molar-refractivity contribution in [3.05, 3.63) is 11.8 Å². The Morgan fingerprint density at radius 3 is 2.23 bits per heavy atom. The number of hydrogen-bond donors (Lipinski definition) is 1. The third-order valence-electron chi connectivity index (χ3n) is 1.50. The van der Waals surface area contributed by atoms with Crippen LogP contribution in [0, 0.1) is 0 Å². The minimum absolute atomic E-state index is 0.295. The highest BCUT2D eigenvalue weighted by Gasteiger charge is 2.35. The summed E-state index contributed by atoms with van der Waals surface area (Å²) >= 11 is 0. The molecule has 74 valence electrons. The first kappa shape index (κ1) is 9.88. The van der Waals surface area contributed by atoms with Crippen LogP contribution in [0.25, 0.3) is 0 Å². The van der Waals surface area contributed by atoms with E-state index in [0.29, 0.717) is 6.07 Å². The Morgan fingerprint density at radius 2 is 2.00 bits per heavy atom. The molecule has 1 rings (SSSR count). The van der Waals surface area contributed by atoms with Gasteiger partial charge >= 0.3 is 6.18 Å². The normalized spacial score (nSPS) is 12.5. The molecule has 0 aliphatic rings. The third-order valence-corrected chi connectivity index (χ3v) is 1.50. The first-order valence-corrected chi connectivity index (χ1v) is 3.68. The third kappa shape index (κ3) is 1.93. The van der Waals surface area contributed by atoms with E-state index in [1.807, 2.05) is 0 Å². The smallest absolute Gasteiger partial charge is 0.435 e. The Kier molecular flexibility index (Phi) is 2.23. The fourth-order valence-corrected chi connectivity index (χ4v) is 0.903. The molecule has 1 aromatic heterocycles. The fraction of sp³-hybridized carbons (Fsp3) is 0.571. The Balaban J connectivity index is 3.10. The molecule has 6 heteroatoms. The number of aromatic nitrogens is 2. The maximum atomic E-state index is 12.1. The molecule has 0 fully saturated rings. The van der Waals surface area contributed by atoms with E-state index in [1.54, 1.807) is 13.8 Å². The number of halogens is 3. The molecule has 0 saturated carbocycles. The Hall–Kier alpha value is -1.20. The van der Waals surface area contributed by atoms with Gasteiger partial charge in [-0.25, -0.2) is 4.68 Å². The van der Waals surface area contributed by atoms with Gasteiger partial charge in [0.05, 0.1) is 6.04 Å². The van der Waals surface area contributed by atoms with Gasteiger partial charge in [-0.1, -0.05) is 0 Å². The first-order chi connectivity index (χ1) is 5.82. The van der Waals surface area contributed by atoms with Crippen molar-refractivity contribution in [3.63, 3.8) is 0 Å². The number of alkyl halides is 3. The summed E-state index contributed by atoms with van der Waals surface area (Å²) in [6, 6.07) is 0.316. The van der Waals surface area contributed by atoms with Crippen LogP contribution in [0.1, 0.15) is 25.6 Å². The van der Waals surface area contributed by atoms with Crippen molar-refractivity contribution < 1.29 is 18.3 Å². The van der Waals surface area contributed by atoms with E-state index in [1.165, 1.54) is 0 Å². The summed E-state index contributed by atoms with van der Waals surface area (Å²) in [6.07, 6.45) is -4.50. The maximum Gasteiger partial charge on any atom is 0.435 e.